The van der Waals surface area contributed by atoms with E-state index in [-0.39, 0.29) is 11.3 Å². The summed E-state index contributed by atoms with van der Waals surface area (Å²) in [5, 5.41) is 13.3. The van der Waals surface area contributed by atoms with E-state index in [0.717, 1.165) is 43.6 Å². The van der Waals surface area contributed by atoms with Crippen LogP contribution in [0.4, 0.5) is 0 Å². The van der Waals surface area contributed by atoms with Crippen LogP contribution in [0.5, 0.6) is 0 Å². The summed E-state index contributed by atoms with van der Waals surface area (Å²) in [6, 6.07) is 6.54. The van der Waals surface area contributed by atoms with Gasteiger partial charge in [0.25, 0.3) is 0 Å². The van der Waals surface area contributed by atoms with Gasteiger partial charge in [-0.25, -0.2) is 14.3 Å². The number of benzene rings is 1. The molecule has 110 valence electrons. The number of carbonyl (C=O) groups is 1. The van der Waals surface area contributed by atoms with Crippen molar-refractivity contribution in [1.82, 2.24) is 14.3 Å². The largest absolute Gasteiger partial charge is 0.478 e. The van der Waals surface area contributed by atoms with Gasteiger partial charge in [-0.1, -0.05) is 18.6 Å². The van der Waals surface area contributed by atoms with Crippen molar-refractivity contribution in [2.45, 2.75) is 38.8 Å². The normalized spacial score (nSPS) is 14.5. The van der Waals surface area contributed by atoms with Crippen molar-refractivity contribution in [3.8, 4) is 0 Å². The molecule has 0 radical (unpaired) electrons. The van der Waals surface area contributed by atoms with Crippen LogP contribution in [0.25, 0.3) is 0 Å². The Bertz CT molecular complexity index is 713. The molecule has 2 aromatic rings. The van der Waals surface area contributed by atoms with Gasteiger partial charge in [0.2, 0.25) is 0 Å². The molecule has 1 N–H and O–H groups in total. The van der Waals surface area contributed by atoms with E-state index in [4.69, 9.17) is 5.11 Å². The van der Waals surface area contributed by atoms with Crippen molar-refractivity contribution in [3.05, 3.63) is 51.7 Å². The number of hydrogen-bond donors (Lipinski definition) is 1. The predicted octanol–water partition coefficient (Wildman–Crippen LogP) is 1.52. The number of aromatic nitrogens is 3. The topological polar surface area (TPSA) is 77.1 Å². The Balaban J connectivity index is 1.85. The van der Waals surface area contributed by atoms with Crippen LogP contribution in [0, 0.1) is 0 Å². The second kappa shape index (κ2) is 5.55. The number of fused-ring (bicyclic) bond motifs is 1. The van der Waals surface area contributed by atoms with Crippen molar-refractivity contribution >= 4 is 5.97 Å². The van der Waals surface area contributed by atoms with Crippen LogP contribution in [0.3, 0.4) is 0 Å². The van der Waals surface area contributed by atoms with E-state index in [1.807, 2.05) is 0 Å². The summed E-state index contributed by atoms with van der Waals surface area (Å²) in [4.78, 5) is 23.1. The van der Waals surface area contributed by atoms with Crippen LogP contribution in [0.15, 0.2) is 29.1 Å². The SMILES string of the molecule is O=C(O)c1ccc(Cn2nc3n(c2=O)CCCCC3)cc1. The second-order valence-corrected chi connectivity index (χ2v) is 5.32. The summed E-state index contributed by atoms with van der Waals surface area (Å²) < 4.78 is 3.23. The van der Waals surface area contributed by atoms with Crippen molar-refractivity contribution < 1.29 is 9.90 Å². The molecule has 1 aromatic carbocycles. The maximum atomic E-state index is 12.3. The predicted molar refractivity (Wildman–Crippen MR) is 76.5 cm³/mol. The second-order valence-electron chi connectivity index (χ2n) is 5.32. The molecular formula is C15H17N3O3. The van der Waals surface area contributed by atoms with Gasteiger partial charge in [0.15, 0.2) is 0 Å². The van der Waals surface area contributed by atoms with Crippen LogP contribution in [0.1, 0.15) is 41.0 Å². The Labute approximate surface area is 121 Å². The fraction of sp³-hybridized carbons (Fsp3) is 0.400. The maximum absolute atomic E-state index is 12.3. The van der Waals surface area contributed by atoms with Gasteiger partial charge in [0, 0.05) is 13.0 Å². The molecule has 0 saturated carbocycles. The minimum absolute atomic E-state index is 0.0748. The van der Waals surface area contributed by atoms with Gasteiger partial charge in [-0.3, -0.25) is 4.57 Å². The molecule has 0 bridgehead atoms. The van der Waals surface area contributed by atoms with Crippen LogP contribution >= 0.6 is 0 Å². The summed E-state index contributed by atoms with van der Waals surface area (Å²) in [5.41, 5.74) is 1.04. The summed E-state index contributed by atoms with van der Waals surface area (Å²) in [5.74, 6) is -0.0907. The van der Waals surface area contributed by atoms with Crippen molar-refractivity contribution in [3.63, 3.8) is 0 Å². The number of aryl methyl sites for hydroxylation is 1. The van der Waals surface area contributed by atoms with Crippen molar-refractivity contribution in [1.29, 1.82) is 0 Å². The zero-order chi connectivity index (χ0) is 14.8. The molecule has 1 aromatic heterocycles. The highest BCUT2D eigenvalue weighted by molar-refractivity contribution is 5.87. The molecule has 0 unspecified atom stereocenters. The minimum atomic E-state index is -0.951. The Hall–Kier alpha value is -2.37. The molecule has 0 aliphatic carbocycles. The first-order valence-corrected chi connectivity index (χ1v) is 7.14. The van der Waals surface area contributed by atoms with Crippen LogP contribution in [0.2, 0.25) is 0 Å². The van der Waals surface area contributed by atoms with Gasteiger partial charge in [-0.15, -0.1) is 0 Å². The average molecular weight is 287 g/mol. The minimum Gasteiger partial charge on any atom is -0.478 e. The summed E-state index contributed by atoms with van der Waals surface area (Å²) in [6.07, 6.45) is 4.08. The standard InChI is InChI=1S/C15H17N3O3/c19-14(20)12-7-5-11(6-8-12)10-18-15(21)17-9-3-1-2-4-13(17)16-18/h5-8H,1-4,9-10H2,(H,19,20). The lowest BCUT2D eigenvalue weighted by molar-refractivity contribution is 0.0697. The quantitative estimate of drug-likeness (QED) is 0.928. The highest BCUT2D eigenvalue weighted by Crippen LogP contribution is 2.11. The summed E-state index contributed by atoms with van der Waals surface area (Å²) >= 11 is 0. The summed E-state index contributed by atoms with van der Waals surface area (Å²) in [7, 11) is 0. The monoisotopic (exact) mass is 287 g/mol. The Morgan fingerprint density at radius 1 is 1.19 bits per heavy atom. The van der Waals surface area contributed by atoms with Crippen molar-refractivity contribution in [2.24, 2.45) is 0 Å². The van der Waals surface area contributed by atoms with Gasteiger partial charge < -0.3 is 5.11 Å². The molecule has 6 nitrogen and oxygen atoms in total. The number of rotatable bonds is 3. The molecule has 0 fully saturated rings. The molecule has 0 amide bonds. The van der Waals surface area contributed by atoms with Crippen molar-refractivity contribution in [2.75, 3.05) is 0 Å². The van der Waals surface area contributed by atoms with E-state index in [2.05, 4.69) is 5.10 Å². The van der Waals surface area contributed by atoms with Gasteiger partial charge in [0.1, 0.15) is 5.82 Å². The molecule has 3 rings (SSSR count). The smallest absolute Gasteiger partial charge is 0.346 e. The lowest BCUT2D eigenvalue weighted by Crippen LogP contribution is -2.25. The third kappa shape index (κ3) is 2.74. The molecule has 2 heterocycles. The first-order valence-electron chi connectivity index (χ1n) is 7.14. The van der Waals surface area contributed by atoms with E-state index in [1.54, 1.807) is 28.8 Å². The lowest BCUT2D eigenvalue weighted by atomic mass is 10.1. The third-order valence-electron chi connectivity index (χ3n) is 3.81. The summed E-state index contributed by atoms with van der Waals surface area (Å²) in [6.45, 7) is 1.12. The van der Waals surface area contributed by atoms with E-state index in [1.165, 1.54) is 4.68 Å². The fourth-order valence-corrected chi connectivity index (χ4v) is 2.65. The zero-order valence-corrected chi connectivity index (χ0v) is 11.7. The number of aromatic carboxylic acids is 1. The molecule has 1 aliphatic rings. The molecule has 0 saturated heterocycles. The highest BCUT2D eigenvalue weighted by Gasteiger charge is 2.15. The van der Waals surface area contributed by atoms with E-state index in [0.29, 0.717) is 6.54 Å². The van der Waals surface area contributed by atoms with Gasteiger partial charge >= 0.3 is 11.7 Å². The molecule has 6 heteroatoms. The van der Waals surface area contributed by atoms with E-state index >= 15 is 0 Å². The number of carboxylic acid groups (broad SMARTS) is 1. The number of nitrogens with zero attached hydrogens (tertiary/aromatic N) is 3. The van der Waals surface area contributed by atoms with Gasteiger partial charge in [0.05, 0.1) is 12.1 Å². The fourth-order valence-electron chi connectivity index (χ4n) is 2.65. The maximum Gasteiger partial charge on any atom is 0.346 e. The van der Waals surface area contributed by atoms with Gasteiger partial charge in [-0.2, -0.15) is 5.10 Å². The van der Waals surface area contributed by atoms with Crippen LogP contribution < -0.4 is 5.69 Å². The first kappa shape index (κ1) is 13.6. The Morgan fingerprint density at radius 3 is 2.67 bits per heavy atom. The average Bonchev–Trinajstić information content (AvgIpc) is 2.66. The molecule has 0 atom stereocenters. The van der Waals surface area contributed by atoms with E-state index < -0.39 is 5.97 Å². The molecule has 0 spiro atoms. The van der Waals surface area contributed by atoms with E-state index in [9.17, 15) is 9.59 Å². The molecular weight excluding hydrogens is 270 g/mol. The molecule has 1 aliphatic heterocycles. The Kier molecular flexibility index (Phi) is 3.60. The van der Waals surface area contributed by atoms with Gasteiger partial charge in [-0.05, 0) is 30.5 Å². The first-order chi connectivity index (χ1) is 10.1. The van der Waals surface area contributed by atoms with Crippen LogP contribution in [-0.2, 0) is 19.5 Å². The zero-order valence-electron chi connectivity index (χ0n) is 11.7. The number of carboxylic acids is 1. The Morgan fingerprint density at radius 2 is 1.95 bits per heavy atom. The lowest BCUT2D eigenvalue weighted by Gasteiger charge is -2.02. The van der Waals surface area contributed by atoms with Crippen LogP contribution in [-0.4, -0.2) is 25.4 Å². The molecule has 21 heavy (non-hydrogen) atoms. The number of hydrogen-bond acceptors (Lipinski definition) is 3. The third-order valence-corrected chi connectivity index (χ3v) is 3.81. The highest BCUT2D eigenvalue weighted by atomic mass is 16.4.